The standard InChI is InChI=1S/C30H32N4O/c1-7-20-9-8-10-22(15-20)23-16-25(18-31-17-23)29(5)26(27(35)34(6)30(33-29)19-32-30)21-11-13-24(14-12-21)28(2,3)4/h1,8-18,26,32-33H,19H2,2-6H3/t26?,29-,30?/m1/s1. The molecule has 2 aliphatic rings. The van der Waals surface area contributed by atoms with Crippen LogP contribution in [0.15, 0.2) is 67.0 Å². The van der Waals surface area contributed by atoms with Crippen molar-refractivity contribution >= 4 is 5.91 Å². The lowest BCUT2D eigenvalue weighted by Gasteiger charge is -2.49. The molecule has 3 atom stereocenters. The minimum Gasteiger partial charge on any atom is -0.313 e. The first-order valence-electron chi connectivity index (χ1n) is 12.0. The van der Waals surface area contributed by atoms with E-state index in [9.17, 15) is 4.79 Å². The maximum absolute atomic E-state index is 13.9. The van der Waals surface area contributed by atoms with Crippen molar-refractivity contribution in [1.29, 1.82) is 0 Å². The van der Waals surface area contributed by atoms with Crippen LogP contribution in [0.2, 0.25) is 0 Å². The summed E-state index contributed by atoms with van der Waals surface area (Å²) in [5.41, 5.74) is 5.34. The molecule has 0 aliphatic carbocycles. The summed E-state index contributed by atoms with van der Waals surface area (Å²) in [6.07, 6.45) is 9.34. The zero-order chi connectivity index (χ0) is 25.0. The molecular formula is C30H32N4O. The van der Waals surface area contributed by atoms with Gasteiger partial charge in [0.1, 0.15) is 0 Å². The molecule has 5 nitrogen and oxygen atoms in total. The molecule has 178 valence electrons. The van der Waals surface area contributed by atoms with Crippen LogP contribution in [0, 0.1) is 12.3 Å². The van der Waals surface area contributed by atoms with Gasteiger partial charge in [-0.05, 0) is 52.8 Å². The molecule has 1 amide bonds. The lowest BCUT2D eigenvalue weighted by molar-refractivity contribution is -0.144. The average molecular weight is 465 g/mol. The van der Waals surface area contributed by atoms with Crippen molar-refractivity contribution in [3.8, 4) is 23.5 Å². The third kappa shape index (κ3) is 3.93. The fraction of sp³-hybridized carbons (Fsp3) is 0.333. The summed E-state index contributed by atoms with van der Waals surface area (Å²) in [5, 5.41) is 7.16. The summed E-state index contributed by atoms with van der Waals surface area (Å²) < 4.78 is 0. The maximum Gasteiger partial charge on any atom is 0.234 e. The van der Waals surface area contributed by atoms with Gasteiger partial charge in [-0.25, -0.2) is 0 Å². The number of rotatable bonds is 3. The Morgan fingerprint density at radius 2 is 1.80 bits per heavy atom. The quantitative estimate of drug-likeness (QED) is 0.447. The van der Waals surface area contributed by atoms with Crippen LogP contribution in [-0.4, -0.2) is 35.2 Å². The van der Waals surface area contributed by atoms with Gasteiger partial charge in [0.2, 0.25) is 5.91 Å². The predicted molar refractivity (Wildman–Crippen MR) is 139 cm³/mol. The lowest BCUT2D eigenvalue weighted by atomic mass is 9.72. The van der Waals surface area contributed by atoms with E-state index in [1.807, 2.05) is 48.6 Å². The lowest BCUT2D eigenvalue weighted by Crippen LogP contribution is -2.68. The topological polar surface area (TPSA) is 67.2 Å². The van der Waals surface area contributed by atoms with E-state index in [1.54, 1.807) is 0 Å². The highest BCUT2D eigenvalue weighted by Crippen LogP contribution is 2.46. The van der Waals surface area contributed by atoms with Crippen molar-refractivity contribution in [2.24, 2.45) is 0 Å². The van der Waals surface area contributed by atoms with E-state index in [4.69, 9.17) is 6.42 Å². The molecule has 2 fully saturated rings. The first-order chi connectivity index (χ1) is 16.6. The van der Waals surface area contributed by atoms with Gasteiger partial charge in [0.15, 0.2) is 5.79 Å². The van der Waals surface area contributed by atoms with E-state index in [2.05, 4.69) is 79.6 Å². The Morgan fingerprint density at radius 1 is 1.09 bits per heavy atom. The first-order valence-corrected chi connectivity index (χ1v) is 12.0. The van der Waals surface area contributed by atoms with Gasteiger partial charge in [0, 0.05) is 37.1 Å². The molecule has 1 aromatic heterocycles. The van der Waals surface area contributed by atoms with Gasteiger partial charge >= 0.3 is 0 Å². The highest BCUT2D eigenvalue weighted by molar-refractivity contribution is 5.88. The Labute approximate surface area is 208 Å². The summed E-state index contributed by atoms with van der Waals surface area (Å²) in [7, 11) is 1.87. The minimum atomic E-state index is -0.677. The molecule has 2 N–H and O–H groups in total. The third-order valence-electron chi connectivity index (χ3n) is 7.52. The van der Waals surface area contributed by atoms with E-state index in [0.717, 1.165) is 27.8 Å². The number of nitrogens with zero attached hydrogens (tertiary/aromatic N) is 2. The number of amides is 1. The number of likely N-dealkylation sites (N-methyl/N-ethyl adjacent to an activating group) is 1. The summed E-state index contributed by atoms with van der Waals surface area (Å²) in [4.78, 5) is 20.3. The second-order valence-electron chi connectivity index (χ2n) is 10.9. The first kappa shape index (κ1) is 23.3. The zero-order valence-corrected chi connectivity index (χ0v) is 21.0. The molecule has 3 aromatic rings. The zero-order valence-electron chi connectivity index (χ0n) is 21.0. The number of aromatic nitrogens is 1. The van der Waals surface area contributed by atoms with Crippen LogP contribution in [0.1, 0.15) is 55.9 Å². The smallest absolute Gasteiger partial charge is 0.234 e. The Kier molecular flexibility index (Phi) is 5.36. The Bertz CT molecular complexity index is 1330. The molecule has 2 unspecified atom stereocenters. The van der Waals surface area contributed by atoms with E-state index < -0.39 is 17.2 Å². The van der Waals surface area contributed by atoms with Crippen LogP contribution in [0.3, 0.4) is 0 Å². The molecule has 0 saturated carbocycles. The van der Waals surface area contributed by atoms with Gasteiger partial charge in [0.25, 0.3) is 0 Å². The van der Waals surface area contributed by atoms with Crippen LogP contribution >= 0.6 is 0 Å². The van der Waals surface area contributed by atoms with E-state index in [0.29, 0.717) is 6.54 Å². The number of hydrogen-bond acceptors (Lipinski definition) is 4. The van der Waals surface area contributed by atoms with Gasteiger partial charge < -0.3 is 4.90 Å². The number of carbonyl (C=O) groups excluding carboxylic acids is 1. The summed E-state index contributed by atoms with van der Waals surface area (Å²) in [6, 6.07) is 18.5. The van der Waals surface area contributed by atoms with Crippen molar-refractivity contribution < 1.29 is 4.79 Å². The second-order valence-corrected chi connectivity index (χ2v) is 10.9. The van der Waals surface area contributed by atoms with Gasteiger partial charge in [-0.15, -0.1) is 6.42 Å². The van der Waals surface area contributed by atoms with Crippen molar-refractivity contribution in [2.75, 3.05) is 13.6 Å². The maximum atomic E-state index is 13.9. The number of terminal acetylenes is 1. The second kappa shape index (κ2) is 8.05. The fourth-order valence-corrected chi connectivity index (χ4v) is 5.18. The van der Waals surface area contributed by atoms with Crippen molar-refractivity contribution in [3.05, 3.63) is 89.2 Å². The number of nitrogens with one attached hydrogen (secondary N) is 2. The average Bonchev–Trinajstić information content (AvgIpc) is 3.62. The van der Waals surface area contributed by atoms with Gasteiger partial charge in [-0.2, -0.15) is 0 Å². The van der Waals surface area contributed by atoms with Gasteiger partial charge in [-0.3, -0.25) is 20.4 Å². The molecule has 2 saturated heterocycles. The largest absolute Gasteiger partial charge is 0.313 e. The molecule has 3 heterocycles. The molecule has 1 spiro atoms. The molecule has 35 heavy (non-hydrogen) atoms. The monoisotopic (exact) mass is 464 g/mol. The summed E-state index contributed by atoms with van der Waals surface area (Å²) >= 11 is 0. The molecule has 2 aromatic carbocycles. The highest BCUT2D eigenvalue weighted by atomic mass is 16.2. The van der Waals surface area contributed by atoms with E-state index in [-0.39, 0.29) is 11.3 Å². The van der Waals surface area contributed by atoms with Crippen molar-refractivity contribution in [3.63, 3.8) is 0 Å². The van der Waals surface area contributed by atoms with Crippen LogP contribution in [0.4, 0.5) is 0 Å². The van der Waals surface area contributed by atoms with Crippen molar-refractivity contribution in [1.82, 2.24) is 20.5 Å². The summed E-state index contributed by atoms with van der Waals surface area (Å²) in [6.45, 7) is 9.41. The number of benzene rings is 2. The van der Waals surface area contributed by atoms with E-state index in [1.165, 1.54) is 5.56 Å². The Morgan fingerprint density at radius 3 is 2.43 bits per heavy atom. The predicted octanol–water partition coefficient (Wildman–Crippen LogP) is 4.35. The van der Waals surface area contributed by atoms with Crippen LogP contribution in [0.5, 0.6) is 0 Å². The SMILES string of the molecule is C#Cc1cccc(-c2cncc([C@@]3(C)NC4(CN4)N(C)C(=O)C3c3ccc(C(C)(C)C)cc3)c2)c1. The minimum absolute atomic E-state index is 0.0423. The fourth-order valence-electron chi connectivity index (χ4n) is 5.18. The number of hydrogen-bond donors (Lipinski definition) is 2. The van der Waals surface area contributed by atoms with Gasteiger partial charge in [-0.1, -0.05) is 63.1 Å². The molecule has 5 heteroatoms. The number of pyridine rings is 1. The summed E-state index contributed by atoms with van der Waals surface area (Å²) in [5.74, 6) is 1.84. The Hall–Kier alpha value is -3.46. The van der Waals surface area contributed by atoms with Crippen LogP contribution in [-0.2, 0) is 15.7 Å². The normalized spacial score (nSPS) is 26.0. The van der Waals surface area contributed by atoms with E-state index >= 15 is 0 Å². The molecule has 0 bridgehead atoms. The third-order valence-corrected chi connectivity index (χ3v) is 7.52. The molecule has 0 radical (unpaired) electrons. The molecule has 5 rings (SSSR count). The molecule has 2 aliphatic heterocycles. The Balaban J connectivity index is 1.62. The molecular weight excluding hydrogens is 432 g/mol. The van der Waals surface area contributed by atoms with Gasteiger partial charge in [0.05, 0.1) is 11.5 Å². The van der Waals surface area contributed by atoms with Crippen LogP contribution in [0.25, 0.3) is 11.1 Å². The van der Waals surface area contributed by atoms with Crippen molar-refractivity contribution in [2.45, 2.75) is 50.4 Å². The highest BCUT2D eigenvalue weighted by Gasteiger charge is 2.61. The van der Waals surface area contributed by atoms with Crippen LogP contribution < -0.4 is 10.6 Å². The number of carbonyl (C=O) groups is 1.